The van der Waals surface area contributed by atoms with Crippen LogP contribution in [0.25, 0.3) is 0 Å². The highest BCUT2D eigenvalue weighted by Crippen LogP contribution is 2.18. The number of aromatic nitrogens is 1. The lowest BCUT2D eigenvalue weighted by Gasteiger charge is -2.08. The van der Waals surface area contributed by atoms with Gasteiger partial charge >= 0.3 is 0 Å². The van der Waals surface area contributed by atoms with Gasteiger partial charge < -0.3 is 14.6 Å². The lowest BCUT2D eigenvalue weighted by atomic mass is 10.2. The van der Waals surface area contributed by atoms with E-state index in [-0.39, 0.29) is 11.7 Å². The summed E-state index contributed by atoms with van der Waals surface area (Å²) >= 11 is 0. The summed E-state index contributed by atoms with van der Waals surface area (Å²) in [7, 11) is 0. The number of halogens is 1. The summed E-state index contributed by atoms with van der Waals surface area (Å²) in [5, 5.41) is 6.59. The van der Waals surface area contributed by atoms with Crippen LogP contribution in [0.1, 0.15) is 27.4 Å². The second-order valence-corrected chi connectivity index (χ2v) is 5.58. The van der Waals surface area contributed by atoms with Crippen LogP contribution in [0, 0.1) is 19.7 Å². The van der Waals surface area contributed by atoms with Gasteiger partial charge in [-0.3, -0.25) is 4.79 Å². The Morgan fingerprint density at radius 1 is 1.12 bits per heavy atom. The van der Waals surface area contributed by atoms with E-state index in [4.69, 9.17) is 9.26 Å². The van der Waals surface area contributed by atoms with Crippen molar-refractivity contribution in [1.29, 1.82) is 0 Å². The molecule has 0 aliphatic rings. The average Bonchev–Trinajstić information content (AvgIpc) is 2.93. The summed E-state index contributed by atoms with van der Waals surface area (Å²) in [5.74, 6) is 0.743. The van der Waals surface area contributed by atoms with Gasteiger partial charge in [0.2, 0.25) is 0 Å². The topological polar surface area (TPSA) is 64.4 Å². The van der Waals surface area contributed by atoms with Crippen molar-refractivity contribution in [1.82, 2.24) is 5.16 Å². The molecule has 1 heterocycles. The van der Waals surface area contributed by atoms with Crippen molar-refractivity contribution in [3.05, 3.63) is 76.9 Å². The fourth-order valence-electron chi connectivity index (χ4n) is 2.30. The zero-order chi connectivity index (χ0) is 17.8. The van der Waals surface area contributed by atoms with Gasteiger partial charge in [-0.2, -0.15) is 0 Å². The van der Waals surface area contributed by atoms with Crippen LogP contribution >= 0.6 is 0 Å². The van der Waals surface area contributed by atoms with Crippen molar-refractivity contribution in [3.63, 3.8) is 0 Å². The third-order valence-corrected chi connectivity index (χ3v) is 3.78. The van der Waals surface area contributed by atoms with E-state index in [1.165, 1.54) is 24.3 Å². The number of ether oxygens (including phenoxy) is 1. The lowest BCUT2D eigenvalue weighted by molar-refractivity contribution is 0.102. The largest absolute Gasteiger partial charge is 0.489 e. The van der Waals surface area contributed by atoms with Crippen molar-refractivity contribution in [3.8, 4) is 5.75 Å². The van der Waals surface area contributed by atoms with E-state index >= 15 is 0 Å². The minimum atomic E-state index is -0.349. The van der Waals surface area contributed by atoms with Crippen LogP contribution in [0.3, 0.4) is 0 Å². The van der Waals surface area contributed by atoms with Crippen LogP contribution in [0.4, 0.5) is 10.1 Å². The molecule has 0 unspecified atom stereocenters. The highest BCUT2D eigenvalue weighted by atomic mass is 19.1. The van der Waals surface area contributed by atoms with E-state index in [0.717, 1.165) is 17.0 Å². The number of aryl methyl sites for hydroxylation is 2. The van der Waals surface area contributed by atoms with Gasteiger partial charge in [-0.15, -0.1) is 0 Å². The summed E-state index contributed by atoms with van der Waals surface area (Å²) in [6, 6.07) is 12.4. The maximum atomic E-state index is 12.9. The first kappa shape index (κ1) is 16.7. The number of anilines is 1. The van der Waals surface area contributed by atoms with E-state index < -0.39 is 0 Å². The molecule has 3 rings (SSSR count). The van der Waals surface area contributed by atoms with Crippen LogP contribution < -0.4 is 10.1 Å². The average molecular weight is 340 g/mol. The molecule has 0 spiro atoms. The summed E-state index contributed by atoms with van der Waals surface area (Å²) in [6.45, 7) is 4.04. The molecule has 5 nitrogen and oxygen atoms in total. The molecule has 6 heteroatoms. The molecule has 0 fully saturated rings. The first-order valence-electron chi connectivity index (χ1n) is 7.74. The van der Waals surface area contributed by atoms with Crippen molar-refractivity contribution in [2.24, 2.45) is 0 Å². The highest BCUT2D eigenvalue weighted by molar-refractivity contribution is 6.04. The second-order valence-electron chi connectivity index (χ2n) is 5.58. The van der Waals surface area contributed by atoms with Gasteiger partial charge in [-0.1, -0.05) is 5.16 Å². The molecule has 0 saturated heterocycles. The fourth-order valence-corrected chi connectivity index (χ4v) is 2.30. The van der Waals surface area contributed by atoms with Gasteiger partial charge in [0.1, 0.15) is 23.9 Å². The molecule has 128 valence electrons. The SMILES string of the molecule is Cc1noc(C)c1COc1ccc(C(=O)Nc2ccc(F)cc2)cc1. The standard InChI is InChI=1S/C19H17FN2O3/c1-12-18(13(2)25-22-12)11-24-17-9-3-14(4-10-17)19(23)21-16-7-5-15(20)6-8-16/h3-10H,11H2,1-2H3,(H,21,23). The first-order valence-corrected chi connectivity index (χ1v) is 7.74. The Hall–Kier alpha value is -3.15. The highest BCUT2D eigenvalue weighted by Gasteiger charge is 2.10. The number of amides is 1. The number of hydrogen-bond donors (Lipinski definition) is 1. The number of benzene rings is 2. The van der Waals surface area contributed by atoms with E-state index in [1.807, 2.05) is 13.8 Å². The monoisotopic (exact) mass is 340 g/mol. The van der Waals surface area contributed by atoms with Crippen molar-refractivity contribution < 1.29 is 18.4 Å². The summed E-state index contributed by atoms with van der Waals surface area (Å²) < 4.78 is 23.7. The van der Waals surface area contributed by atoms with Gasteiger partial charge in [0.25, 0.3) is 5.91 Å². The Morgan fingerprint density at radius 3 is 2.40 bits per heavy atom. The molecule has 3 aromatic rings. The van der Waals surface area contributed by atoms with E-state index in [0.29, 0.717) is 23.6 Å². The fraction of sp³-hybridized carbons (Fsp3) is 0.158. The molecular formula is C19H17FN2O3. The molecule has 0 aliphatic heterocycles. The number of carbonyl (C=O) groups excluding carboxylic acids is 1. The Bertz CT molecular complexity index is 851. The molecule has 1 N–H and O–H groups in total. The molecule has 0 bridgehead atoms. The normalized spacial score (nSPS) is 10.5. The first-order chi connectivity index (χ1) is 12.0. The zero-order valence-corrected chi connectivity index (χ0v) is 13.9. The Morgan fingerprint density at radius 2 is 1.80 bits per heavy atom. The van der Waals surface area contributed by atoms with Gasteiger partial charge in [-0.05, 0) is 62.4 Å². The van der Waals surface area contributed by atoms with E-state index in [9.17, 15) is 9.18 Å². The number of carbonyl (C=O) groups is 1. The van der Waals surface area contributed by atoms with Gasteiger partial charge in [0.15, 0.2) is 0 Å². The molecule has 0 aliphatic carbocycles. The number of hydrogen-bond acceptors (Lipinski definition) is 4. The molecule has 0 atom stereocenters. The van der Waals surface area contributed by atoms with Crippen LogP contribution in [-0.4, -0.2) is 11.1 Å². The van der Waals surface area contributed by atoms with E-state index in [1.54, 1.807) is 24.3 Å². The Labute approximate surface area is 144 Å². The van der Waals surface area contributed by atoms with Crippen molar-refractivity contribution >= 4 is 11.6 Å². The zero-order valence-electron chi connectivity index (χ0n) is 13.9. The minimum absolute atomic E-state index is 0.274. The predicted octanol–water partition coefficient (Wildman–Crippen LogP) is 4.26. The quantitative estimate of drug-likeness (QED) is 0.754. The third kappa shape index (κ3) is 4.03. The number of rotatable bonds is 5. The van der Waals surface area contributed by atoms with Crippen molar-refractivity contribution in [2.45, 2.75) is 20.5 Å². The molecule has 2 aromatic carbocycles. The second kappa shape index (κ2) is 7.17. The predicted molar refractivity (Wildman–Crippen MR) is 91.1 cm³/mol. The van der Waals surface area contributed by atoms with Gasteiger partial charge in [0, 0.05) is 11.3 Å². The molecular weight excluding hydrogens is 323 g/mol. The Balaban J connectivity index is 1.61. The van der Waals surface area contributed by atoms with Crippen molar-refractivity contribution in [2.75, 3.05) is 5.32 Å². The molecule has 0 radical (unpaired) electrons. The molecule has 1 aromatic heterocycles. The van der Waals surface area contributed by atoms with Crippen LogP contribution in [0.15, 0.2) is 53.1 Å². The number of nitrogens with zero attached hydrogens (tertiary/aromatic N) is 1. The van der Waals surface area contributed by atoms with Crippen LogP contribution in [0.2, 0.25) is 0 Å². The van der Waals surface area contributed by atoms with Crippen LogP contribution in [0.5, 0.6) is 5.75 Å². The van der Waals surface area contributed by atoms with Gasteiger partial charge in [0.05, 0.1) is 11.3 Å². The minimum Gasteiger partial charge on any atom is -0.489 e. The third-order valence-electron chi connectivity index (χ3n) is 3.78. The molecule has 25 heavy (non-hydrogen) atoms. The maximum absolute atomic E-state index is 12.9. The summed E-state index contributed by atoms with van der Waals surface area (Å²) in [4.78, 5) is 12.2. The van der Waals surface area contributed by atoms with Gasteiger partial charge in [-0.25, -0.2) is 4.39 Å². The van der Waals surface area contributed by atoms with E-state index in [2.05, 4.69) is 10.5 Å². The maximum Gasteiger partial charge on any atom is 0.255 e. The summed E-state index contributed by atoms with van der Waals surface area (Å²) in [5.41, 5.74) is 2.73. The summed E-state index contributed by atoms with van der Waals surface area (Å²) in [6.07, 6.45) is 0. The smallest absolute Gasteiger partial charge is 0.255 e. The number of nitrogens with one attached hydrogen (secondary N) is 1. The molecule has 1 amide bonds. The van der Waals surface area contributed by atoms with Crippen LogP contribution in [-0.2, 0) is 6.61 Å². The Kier molecular flexibility index (Phi) is 4.79. The lowest BCUT2D eigenvalue weighted by Crippen LogP contribution is -2.11. The molecule has 0 saturated carbocycles.